The summed E-state index contributed by atoms with van der Waals surface area (Å²) >= 11 is 0. The zero-order chi connectivity index (χ0) is 21.7. The summed E-state index contributed by atoms with van der Waals surface area (Å²) in [4.78, 5) is 24.8. The van der Waals surface area contributed by atoms with Crippen molar-refractivity contribution < 1.29 is 19.1 Å². The maximum Gasteiger partial charge on any atom is 0.280 e. The van der Waals surface area contributed by atoms with Crippen LogP contribution < -0.4 is 25.8 Å². The number of carbonyl (C=O) groups is 2. The topological polar surface area (TPSA) is 133 Å². The fourth-order valence-electron chi connectivity index (χ4n) is 2.66. The highest BCUT2D eigenvalue weighted by Gasteiger charge is 2.20. The summed E-state index contributed by atoms with van der Waals surface area (Å²) in [6.45, 7) is 1.77. The van der Waals surface area contributed by atoms with Crippen molar-refractivity contribution in [1.29, 1.82) is 0 Å². The summed E-state index contributed by atoms with van der Waals surface area (Å²) in [6, 6.07) is 12.3. The number of methoxy groups -OCH3 is 2. The van der Waals surface area contributed by atoms with Crippen molar-refractivity contribution in [2.75, 3.05) is 30.6 Å². The third-order valence-electron chi connectivity index (χ3n) is 4.27. The zero-order valence-corrected chi connectivity index (χ0v) is 16.8. The van der Waals surface area contributed by atoms with Crippen LogP contribution in [-0.4, -0.2) is 41.0 Å². The van der Waals surface area contributed by atoms with E-state index < -0.39 is 5.91 Å². The first-order valence-corrected chi connectivity index (χ1v) is 9.00. The van der Waals surface area contributed by atoms with Crippen molar-refractivity contribution in [3.8, 4) is 11.5 Å². The Morgan fingerprint density at radius 3 is 2.47 bits per heavy atom. The molecule has 0 aliphatic carbocycles. The van der Waals surface area contributed by atoms with E-state index in [-0.39, 0.29) is 24.0 Å². The van der Waals surface area contributed by atoms with Crippen molar-refractivity contribution >= 4 is 29.0 Å². The Bertz CT molecular complexity index is 1060. The number of carbonyl (C=O) groups excluding carboxylic acids is 2. The summed E-state index contributed by atoms with van der Waals surface area (Å²) in [5.74, 6) is 0.0282. The van der Waals surface area contributed by atoms with Crippen molar-refractivity contribution in [3.05, 3.63) is 53.7 Å². The Labute approximate surface area is 173 Å². The van der Waals surface area contributed by atoms with Gasteiger partial charge in [0.1, 0.15) is 18.0 Å². The van der Waals surface area contributed by atoms with Crippen LogP contribution in [0.15, 0.2) is 42.5 Å². The summed E-state index contributed by atoms with van der Waals surface area (Å²) in [5, 5.41) is 13.0. The Balaban J connectivity index is 1.69. The van der Waals surface area contributed by atoms with Crippen LogP contribution >= 0.6 is 0 Å². The number of amides is 2. The molecule has 2 aromatic carbocycles. The molecule has 1 heterocycles. The maximum absolute atomic E-state index is 12.6. The molecule has 0 atom stereocenters. The number of hydrogen-bond donors (Lipinski definition) is 3. The summed E-state index contributed by atoms with van der Waals surface area (Å²) in [7, 11) is 3.00. The molecular weight excluding hydrogens is 388 g/mol. The van der Waals surface area contributed by atoms with Gasteiger partial charge in [-0.1, -0.05) is 22.9 Å². The minimum Gasteiger partial charge on any atom is -0.497 e. The molecule has 0 fully saturated rings. The number of nitrogens with two attached hydrogens (primary N) is 1. The number of aromatic nitrogens is 3. The van der Waals surface area contributed by atoms with Gasteiger partial charge in [0.25, 0.3) is 5.91 Å². The molecule has 10 heteroatoms. The van der Waals surface area contributed by atoms with Gasteiger partial charge in [-0.25, -0.2) is 4.68 Å². The second kappa shape index (κ2) is 8.95. The van der Waals surface area contributed by atoms with Crippen LogP contribution in [0.1, 0.15) is 16.1 Å². The van der Waals surface area contributed by atoms with Crippen LogP contribution in [0.2, 0.25) is 0 Å². The minimum atomic E-state index is -0.582. The molecule has 4 N–H and O–H groups in total. The molecular formula is C20H22N6O4. The van der Waals surface area contributed by atoms with Gasteiger partial charge in [0.15, 0.2) is 11.5 Å². The normalized spacial score (nSPS) is 10.4. The molecule has 0 unspecified atom stereocenters. The molecule has 156 valence electrons. The van der Waals surface area contributed by atoms with Gasteiger partial charge in [-0.2, -0.15) is 0 Å². The third-order valence-corrected chi connectivity index (χ3v) is 4.27. The number of nitrogen functional groups attached to an aromatic ring is 1. The largest absolute Gasteiger partial charge is 0.497 e. The van der Waals surface area contributed by atoms with Crippen molar-refractivity contribution in [3.63, 3.8) is 0 Å². The summed E-state index contributed by atoms with van der Waals surface area (Å²) < 4.78 is 11.5. The number of hydrogen-bond acceptors (Lipinski definition) is 7. The van der Waals surface area contributed by atoms with E-state index in [9.17, 15) is 9.59 Å². The van der Waals surface area contributed by atoms with Gasteiger partial charge in [-0.05, 0) is 31.2 Å². The minimum absolute atomic E-state index is 0.0287. The third kappa shape index (κ3) is 4.66. The number of benzene rings is 2. The molecule has 0 bridgehead atoms. The van der Waals surface area contributed by atoms with Crippen molar-refractivity contribution in [2.45, 2.75) is 13.5 Å². The van der Waals surface area contributed by atoms with Crippen LogP contribution in [0.5, 0.6) is 11.5 Å². The van der Waals surface area contributed by atoms with Crippen LogP contribution in [0.25, 0.3) is 0 Å². The van der Waals surface area contributed by atoms with Crippen molar-refractivity contribution in [2.24, 2.45) is 0 Å². The highest BCUT2D eigenvalue weighted by molar-refractivity contribution is 6.06. The first-order valence-electron chi connectivity index (χ1n) is 9.00. The molecule has 3 aromatic rings. The second-order valence-corrected chi connectivity index (χ2v) is 6.42. The number of anilines is 3. The fourth-order valence-corrected chi connectivity index (χ4v) is 2.66. The van der Waals surface area contributed by atoms with Crippen LogP contribution in [0.4, 0.5) is 17.2 Å². The smallest absolute Gasteiger partial charge is 0.280 e. The quantitative estimate of drug-likeness (QED) is 0.543. The van der Waals surface area contributed by atoms with Gasteiger partial charge < -0.3 is 25.8 Å². The number of ether oxygens (including phenoxy) is 2. The highest BCUT2D eigenvalue weighted by Crippen LogP contribution is 2.29. The monoisotopic (exact) mass is 410 g/mol. The molecule has 0 aliphatic heterocycles. The van der Waals surface area contributed by atoms with Crippen LogP contribution in [-0.2, 0) is 11.3 Å². The number of aryl methyl sites for hydroxylation is 1. The van der Waals surface area contributed by atoms with Gasteiger partial charge in [0, 0.05) is 11.8 Å². The molecule has 0 saturated heterocycles. The number of nitrogens with one attached hydrogen (secondary N) is 2. The maximum atomic E-state index is 12.6. The van der Waals surface area contributed by atoms with Gasteiger partial charge in [0.05, 0.1) is 19.9 Å². The van der Waals surface area contributed by atoms with Crippen LogP contribution in [0.3, 0.4) is 0 Å². The lowest BCUT2D eigenvalue weighted by Crippen LogP contribution is -2.21. The second-order valence-electron chi connectivity index (χ2n) is 6.42. The Kier molecular flexibility index (Phi) is 6.16. The molecule has 1 aromatic heterocycles. The first kappa shape index (κ1) is 20.6. The molecule has 0 aliphatic rings. The molecule has 0 spiro atoms. The van der Waals surface area contributed by atoms with E-state index in [1.807, 2.05) is 19.1 Å². The van der Waals surface area contributed by atoms with E-state index in [0.717, 1.165) is 10.2 Å². The lowest BCUT2D eigenvalue weighted by Gasteiger charge is -2.11. The average molecular weight is 410 g/mol. The van der Waals surface area contributed by atoms with Gasteiger partial charge in [-0.15, -0.1) is 5.10 Å². The molecule has 30 heavy (non-hydrogen) atoms. The zero-order valence-electron chi connectivity index (χ0n) is 16.8. The molecule has 10 nitrogen and oxygen atoms in total. The van der Waals surface area contributed by atoms with E-state index in [2.05, 4.69) is 20.9 Å². The standard InChI is InChI=1S/C20H22N6O4/c1-12-4-6-13(7-5-12)22-17(27)11-26-19(21)18(24-25-26)20(28)23-15-9-8-14(29-2)10-16(15)30-3/h4-10H,11,21H2,1-3H3,(H,22,27)(H,23,28). The van der Waals surface area contributed by atoms with Gasteiger partial charge in [-0.3, -0.25) is 9.59 Å². The Hall–Kier alpha value is -4.08. The predicted octanol–water partition coefficient (Wildman–Crippen LogP) is 2.08. The molecule has 3 rings (SSSR count). The van der Waals surface area contributed by atoms with Crippen LogP contribution in [0, 0.1) is 6.92 Å². The predicted molar refractivity (Wildman–Crippen MR) is 112 cm³/mol. The lowest BCUT2D eigenvalue weighted by atomic mass is 10.2. The van der Waals surface area contributed by atoms with Gasteiger partial charge >= 0.3 is 0 Å². The molecule has 0 radical (unpaired) electrons. The van der Waals surface area contributed by atoms with Crippen molar-refractivity contribution in [1.82, 2.24) is 15.0 Å². The van der Waals surface area contributed by atoms with E-state index >= 15 is 0 Å². The SMILES string of the molecule is COc1ccc(NC(=O)c2nnn(CC(=O)Nc3ccc(C)cc3)c2N)c(OC)c1. The Morgan fingerprint density at radius 2 is 1.80 bits per heavy atom. The lowest BCUT2D eigenvalue weighted by molar-refractivity contribution is -0.116. The first-order chi connectivity index (χ1) is 14.4. The summed E-state index contributed by atoms with van der Waals surface area (Å²) in [6.07, 6.45) is 0. The van der Waals surface area contributed by atoms with Gasteiger partial charge in [0.2, 0.25) is 5.91 Å². The van der Waals surface area contributed by atoms with E-state index in [1.165, 1.54) is 14.2 Å². The summed E-state index contributed by atoms with van der Waals surface area (Å²) in [5.41, 5.74) is 8.02. The van der Waals surface area contributed by atoms with E-state index in [0.29, 0.717) is 22.9 Å². The number of rotatable bonds is 7. The average Bonchev–Trinajstić information content (AvgIpc) is 3.10. The van der Waals surface area contributed by atoms with E-state index in [1.54, 1.807) is 30.3 Å². The number of nitrogens with zero attached hydrogens (tertiary/aromatic N) is 3. The molecule has 2 amide bonds. The Morgan fingerprint density at radius 1 is 1.07 bits per heavy atom. The highest BCUT2D eigenvalue weighted by atomic mass is 16.5. The fraction of sp³-hybridized carbons (Fsp3) is 0.200. The van der Waals surface area contributed by atoms with E-state index in [4.69, 9.17) is 15.2 Å². The molecule has 0 saturated carbocycles.